The molecule has 0 radical (unpaired) electrons. The fourth-order valence-electron chi connectivity index (χ4n) is 1.78. The molecule has 0 saturated heterocycles. The van der Waals surface area contributed by atoms with Gasteiger partial charge in [0, 0.05) is 5.56 Å². The van der Waals surface area contributed by atoms with Crippen molar-refractivity contribution >= 4 is 39.1 Å². The molecule has 1 aromatic heterocycles. The van der Waals surface area contributed by atoms with Crippen LogP contribution in [-0.2, 0) is 6.42 Å². The van der Waals surface area contributed by atoms with Gasteiger partial charge in [-0.05, 0) is 33.8 Å². The van der Waals surface area contributed by atoms with Crippen LogP contribution in [0.15, 0.2) is 28.7 Å². The van der Waals surface area contributed by atoms with Crippen molar-refractivity contribution < 1.29 is 0 Å². The van der Waals surface area contributed by atoms with Crippen LogP contribution in [-0.4, -0.2) is 9.97 Å². The van der Waals surface area contributed by atoms with Crippen LogP contribution in [0.5, 0.6) is 0 Å². The number of nitrogens with zero attached hydrogens (tertiary/aromatic N) is 2. The Bertz CT molecular complexity index is 559. The smallest absolute Gasteiger partial charge is 0.162 e. The van der Waals surface area contributed by atoms with E-state index in [9.17, 15) is 0 Å². The highest BCUT2D eigenvalue weighted by Crippen LogP contribution is 2.30. The van der Waals surface area contributed by atoms with Gasteiger partial charge in [-0.15, -0.1) is 0 Å². The van der Waals surface area contributed by atoms with E-state index in [1.54, 1.807) is 0 Å². The number of hydrogen-bond donors (Lipinski definition) is 0. The lowest BCUT2D eigenvalue weighted by molar-refractivity contribution is 0.647. The molecule has 0 unspecified atom stereocenters. The minimum absolute atomic E-state index is 0.321. The topological polar surface area (TPSA) is 25.8 Å². The number of halogens is 3. The lowest BCUT2D eigenvalue weighted by Gasteiger charge is -2.07. The maximum atomic E-state index is 5.99. The second-order valence-corrected chi connectivity index (χ2v) is 6.25. The van der Waals surface area contributed by atoms with Crippen LogP contribution in [0.4, 0.5) is 0 Å². The summed E-state index contributed by atoms with van der Waals surface area (Å²) in [6, 6.07) is 8.16. The van der Waals surface area contributed by atoms with Crippen molar-refractivity contribution in [1.29, 1.82) is 0 Å². The molecule has 0 spiro atoms. The first-order valence-electron chi connectivity index (χ1n) is 5.95. The zero-order chi connectivity index (χ0) is 14.0. The summed E-state index contributed by atoms with van der Waals surface area (Å²) in [6.07, 6.45) is 1.06. The summed E-state index contributed by atoms with van der Waals surface area (Å²) in [7, 11) is 0. The zero-order valence-corrected chi connectivity index (χ0v) is 13.7. The van der Waals surface area contributed by atoms with Crippen LogP contribution in [0, 0.1) is 5.92 Å². The first-order chi connectivity index (χ1) is 8.97. The Balaban J connectivity index is 2.32. The van der Waals surface area contributed by atoms with E-state index in [-0.39, 0.29) is 0 Å². The summed E-state index contributed by atoms with van der Waals surface area (Å²) in [5.74, 6) is 1.17. The standard InChI is InChI=1S/C14H13BrCl2N2/c1-8(2)7-9-3-5-10(6-4-9)14-18-12(16)11(15)13(17)19-14/h3-6,8H,7H2,1-2H3. The van der Waals surface area contributed by atoms with E-state index < -0.39 is 0 Å². The summed E-state index contributed by atoms with van der Waals surface area (Å²) >= 11 is 15.2. The third-order valence-corrected chi connectivity index (χ3v) is 4.38. The van der Waals surface area contributed by atoms with Crippen LogP contribution in [0.3, 0.4) is 0 Å². The van der Waals surface area contributed by atoms with Crippen LogP contribution in [0.1, 0.15) is 19.4 Å². The molecule has 2 nitrogen and oxygen atoms in total. The van der Waals surface area contributed by atoms with Crippen molar-refractivity contribution in [1.82, 2.24) is 9.97 Å². The summed E-state index contributed by atoms with van der Waals surface area (Å²) in [6.45, 7) is 4.40. The van der Waals surface area contributed by atoms with E-state index in [2.05, 4.69) is 51.9 Å². The number of aromatic nitrogens is 2. The fraction of sp³-hybridized carbons (Fsp3) is 0.286. The normalized spacial score (nSPS) is 11.1. The summed E-state index contributed by atoms with van der Waals surface area (Å²) in [5, 5.41) is 0.641. The second kappa shape index (κ2) is 6.21. The van der Waals surface area contributed by atoms with Gasteiger partial charge in [-0.2, -0.15) is 0 Å². The van der Waals surface area contributed by atoms with Gasteiger partial charge in [0.2, 0.25) is 0 Å². The van der Waals surface area contributed by atoms with Gasteiger partial charge in [0.1, 0.15) is 10.3 Å². The van der Waals surface area contributed by atoms with Crippen LogP contribution < -0.4 is 0 Å². The summed E-state index contributed by atoms with van der Waals surface area (Å²) < 4.78 is 0.524. The molecule has 0 bridgehead atoms. The zero-order valence-electron chi connectivity index (χ0n) is 10.6. The minimum atomic E-state index is 0.321. The van der Waals surface area contributed by atoms with Crippen molar-refractivity contribution in [2.75, 3.05) is 0 Å². The van der Waals surface area contributed by atoms with Crippen LogP contribution in [0.2, 0.25) is 10.3 Å². The van der Waals surface area contributed by atoms with E-state index >= 15 is 0 Å². The Kier molecular flexibility index (Phi) is 4.82. The highest BCUT2D eigenvalue weighted by atomic mass is 79.9. The lowest BCUT2D eigenvalue weighted by Crippen LogP contribution is -1.95. The maximum Gasteiger partial charge on any atom is 0.162 e. The van der Waals surface area contributed by atoms with Crippen molar-refractivity contribution in [2.24, 2.45) is 5.92 Å². The predicted octanol–water partition coefficient (Wildman–Crippen LogP) is 5.41. The van der Waals surface area contributed by atoms with Crippen molar-refractivity contribution in [3.8, 4) is 11.4 Å². The third kappa shape index (κ3) is 3.68. The van der Waals surface area contributed by atoms with Crippen molar-refractivity contribution in [3.05, 3.63) is 44.6 Å². The first-order valence-corrected chi connectivity index (χ1v) is 7.50. The molecule has 1 heterocycles. The van der Waals surface area contributed by atoms with Crippen LogP contribution in [0.25, 0.3) is 11.4 Å². The molecule has 0 aliphatic heterocycles. The SMILES string of the molecule is CC(C)Cc1ccc(-c2nc(Cl)c(Br)c(Cl)n2)cc1. The predicted molar refractivity (Wildman–Crippen MR) is 83.7 cm³/mol. The largest absolute Gasteiger partial charge is 0.215 e. The molecule has 0 aliphatic carbocycles. The molecule has 0 saturated carbocycles. The van der Waals surface area contributed by atoms with Crippen molar-refractivity contribution in [3.63, 3.8) is 0 Å². The molecule has 0 atom stereocenters. The number of hydrogen-bond acceptors (Lipinski definition) is 2. The Morgan fingerprint density at radius 1 is 1.05 bits per heavy atom. The maximum absolute atomic E-state index is 5.99. The molecule has 5 heteroatoms. The molecular formula is C14H13BrCl2N2. The first kappa shape index (κ1) is 14.8. The average molecular weight is 360 g/mol. The Morgan fingerprint density at radius 2 is 1.58 bits per heavy atom. The average Bonchev–Trinajstić information content (AvgIpc) is 2.35. The Morgan fingerprint density at radius 3 is 2.05 bits per heavy atom. The van der Waals surface area contributed by atoms with E-state index in [1.165, 1.54) is 5.56 Å². The van der Waals surface area contributed by atoms with E-state index in [1.807, 2.05) is 12.1 Å². The number of benzene rings is 1. The van der Waals surface area contributed by atoms with Gasteiger partial charge in [-0.25, -0.2) is 9.97 Å². The minimum Gasteiger partial charge on any atom is -0.215 e. The lowest BCUT2D eigenvalue weighted by atomic mass is 10.0. The van der Waals surface area contributed by atoms with Gasteiger partial charge in [-0.1, -0.05) is 61.3 Å². The molecule has 2 rings (SSSR count). The van der Waals surface area contributed by atoms with Gasteiger partial charge in [0.15, 0.2) is 5.82 Å². The van der Waals surface area contributed by atoms with E-state index in [0.29, 0.717) is 26.5 Å². The monoisotopic (exact) mass is 358 g/mol. The molecule has 0 aliphatic rings. The van der Waals surface area contributed by atoms with Crippen LogP contribution >= 0.6 is 39.1 Å². The molecular weight excluding hydrogens is 347 g/mol. The molecule has 0 amide bonds. The van der Waals surface area contributed by atoms with Gasteiger partial charge in [0.05, 0.1) is 4.47 Å². The quantitative estimate of drug-likeness (QED) is 0.684. The van der Waals surface area contributed by atoms with E-state index in [4.69, 9.17) is 23.2 Å². The Labute approximate surface area is 131 Å². The highest BCUT2D eigenvalue weighted by molar-refractivity contribution is 9.10. The van der Waals surface area contributed by atoms with E-state index in [0.717, 1.165) is 12.0 Å². The van der Waals surface area contributed by atoms with Gasteiger partial charge < -0.3 is 0 Å². The van der Waals surface area contributed by atoms with Crippen molar-refractivity contribution in [2.45, 2.75) is 20.3 Å². The summed E-state index contributed by atoms with van der Waals surface area (Å²) in [5.41, 5.74) is 2.21. The second-order valence-electron chi connectivity index (χ2n) is 4.74. The molecule has 1 aromatic carbocycles. The fourth-order valence-corrected chi connectivity index (χ4v) is 2.35. The van der Waals surface area contributed by atoms with Gasteiger partial charge >= 0.3 is 0 Å². The molecule has 100 valence electrons. The molecule has 2 aromatic rings. The van der Waals surface area contributed by atoms with Gasteiger partial charge in [0.25, 0.3) is 0 Å². The summed E-state index contributed by atoms with van der Waals surface area (Å²) in [4.78, 5) is 8.43. The number of rotatable bonds is 3. The molecule has 0 N–H and O–H groups in total. The third-order valence-electron chi connectivity index (χ3n) is 2.63. The Hall–Kier alpha value is -0.640. The highest BCUT2D eigenvalue weighted by Gasteiger charge is 2.10. The van der Waals surface area contributed by atoms with Gasteiger partial charge in [-0.3, -0.25) is 0 Å². The molecule has 0 fully saturated rings. The molecule has 19 heavy (non-hydrogen) atoms.